The topological polar surface area (TPSA) is 65.4 Å². The minimum Gasteiger partial charge on any atom is -0.384 e. The molecule has 1 N–H and O–H groups in total. The van der Waals surface area contributed by atoms with Gasteiger partial charge < -0.3 is 15.0 Å². The van der Waals surface area contributed by atoms with Gasteiger partial charge in [0.15, 0.2) is 0 Å². The van der Waals surface area contributed by atoms with Crippen LogP contribution < -0.4 is 10.2 Å². The van der Waals surface area contributed by atoms with E-state index in [1.807, 2.05) is 6.07 Å². The number of rotatable bonds is 4. The van der Waals surface area contributed by atoms with Crippen LogP contribution in [0.4, 0.5) is 5.69 Å². The zero-order valence-electron chi connectivity index (χ0n) is 12.6. The number of hydrogen-bond acceptors (Lipinski definition) is 4. The third kappa shape index (κ3) is 3.23. The van der Waals surface area contributed by atoms with Gasteiger partial charge in [0.05, 0.1) is 23.7 Å². The van der Waals surface area contributed by atoms with Crippen molar-refractivity contribution in [2.24, 2.45) is 5.41 Å². The Hall–Kier alpha value is -1.90. The van der Waals surface area contributed by atoms with Crippen molar-refractivity contribution >= 4 is 11.6 Å². The Bertz CT molecular complexity index is 539. The van der Waals surface area contributed by atoms with Crippen LogP contribution in [0, 0.1) is 16.7 Å². The summed E-state index contributed by atoms with van der Waals surface area (Å²) in [5.41, 5.74) is 0.823. The van der Waals surface area contributed by atoms with Gasteiger partial charge in [0, 0.05) is 19.8 Å². The highest BCUT2D eigenvalue weighted by Crippen LogP contribution is 2.33. The minimum atomic E-state index is -0.475. The number of anilines is 1. The lowest BCUT2D eigenvalue weighted by molar-refractivity contribution is -0.133. The van der Waals surface area contributed by atoms with Crippen molar-refractivity contribution in [2.75, 3.05) is 38.8 Å². The van der Waals surface area contributed by atoms with Crippen LogP contribution in [0.2, 0.25) is 0 Å². The standard InChI is InChI=1S/C16H21N3O2/c1-19(14-5-3-4-13(10-14)11-17)15(20)16(12-21-2)6-8-18-9-7-16/h3-5,10,18H,6-9,12H2,1-2H3. The van der Waals surface area contributed by atoms with Gasteiger partial charge in [-0.3, -0.25) is 4.79 Å². The second-order valence-corrected chi connectivity index (χ2v) is 5.49. The van der Waals surface area contributed by atoms with Crippen molar-refractivity contribution in [1.82, 2.24) is 5.32 Å². The Balaban J connectivity index is 2.25. The van der Waals surface area contributed by atoms with E-state index >= 15 is 0 Å². The Labute approximate surface area is 125 Å². The van der Waals surface area contributed by atoms with Gasteiger partial charge in [0.2, 0.25) is 5.91 Å². The first-order valence-corrected chi connectivity index (χ1v) is 7.11. The van der Waals surface area contributed by atoms with Gasteiger partial charge in [0.25, 0.3) is 0 Å². The van der Waals surface area contributed by atoms with Crippen molar-refractivity contribution in [2.45, 2.75) is 12.8 Å². The van der Waals surface area contributed by atoms with E-state index in [-0.39, 0.29) is 5.91 Å². The number of nitrogens with zero attached hydrogens (tertiary/aromatic N) is 2. The predicted molar refractivity (Wildman–Crippen MR) is 81.0 cm³/mol. The normalized spacial score (nSPS) is 17.0. The fourth-order valence-corrected chi connectivity index (χ4v) is 2.86. The van der Waals surface area contributed by atoms with Crippen molar-refractivity contribution < 1.29 is 9.53 Å². The number of ether oxygens (including phenoxy) is 1. The molecule has 0 radical (unpaired) electrons. The molecule has 1 aliphatic rings. The van der Waals surface area contributed by atoms with E-state index in [4.69, 9.17) is 10.00 Å². The summed E-state index contributed by atoms with van der Waals surface area (Å²) in [6.07, 6.45) is 1.53. The predicted octanol–water partition coefficient (Wildman–Crippen LogP) is 1.54. The van der Waals surface area contributed by atoms with Crippen LogP contribution in [0.1, 0.15) is 18.4 Å². The average Bonchev–Trinajstić information content (AvgIpc) is 2.54. The Kier molecular flexibility index (Phi) is 4.94. The number of carbonyl (C=O) groups is 1. The van der Waals surface area contributed by atoms with Gasteiger partial charge in [-0.15, -0.1) is 0 Å². The smallest absolute Gasteiger partial charge is 0.235 e. The number of hydrogen-bond donors (Lipinski definition) is 1. The van der Waals surface area contributed by atoms with Crippen molar-refractivity contribution in [3.63, 3.8) is 0 Å². The molecule has 112 valence electrons. The van der Waals surface area contributed by atoms with Crippen LogP contribution in [0.5, 0.6) is 0 Å². The molecule has 0 aromatic heterocycles. The molecule has 1 amide bonds. The number of piperidine rings is 1. The molecule has 0 bridgehead atoms. The molecular formula is C16H21N3O2. The number of nitriles is 1. The van der Waals surface area contributed by atoms with E-state index in [0.29, 0.717) is 12.2 Å². The zero-order chi connectivity index (χ0) is 15.3. The molecule has 1 aromatic rings. The number of carbonyl (C=O) groups excluding carboxylic acids is 1. The van der Waals surface area contributed by atoms with Gasteiger partial charge in [-0.25, -0.2) is 0 Å². The molecule has 1 aliphatic heterocycles. The summed E-state index contributed by atoms with van der Waals surface area (Å²) in [5.74, 6) is 0.0564. The van der Waals surface area contributed by atoms with E-state index in [9.17, 15) is 4.79 Å². The van der Waals surface area contributed by atoms with Crippen LogP contribution in [0.25, 0.3) is 0 Å². The SMILES string of the molecule is COCC1(C(=O)N(C)c2cccc(C#N)c2)CCNCC1. The first kappa shape index (κ1) is 15.5. The Morgan fingerprint density at radius 2 is 2.19 bits per heavy atom. The van der Waals surface area contributed by atoms with E-state index < -0.39 is 5.41 Å². The monoisotopic (exact) mass is 287 g/mol. The number of nitrogens with one attached hydrogen (secondary N) is 1. The van der Waals surface area contributed by atoms with Crippen molar-refractivity contribution in [1.29, 1.82) is 5.26 Å². The molecule has 1 saturated heterocycles. The fraction of sp³-hybridized carbons (Fsp3) is 0.500. The van der Waals surface area contributed by atoms with Gasteiger partial charge in [-0.05, 0) is 44.1 Å². The fourth-order valence-electron chi connectivity index (χ4n) is 2.86. The zero-order valence-corrected chi connectivity index (χ0v) is 12.6. The third-order valence-electron chi connectivity index (χ3n) is 4.10. The highest BCUT2D eigenvalue weighted by atomic mass is 16.5. The van der Waals surface area contributed by atoms with Crippen LogP contribution >= 0.6 is 0 Å². The van der Waals surface area contributed by atoms with Gasteiger partial charge in [-0.2, -0.15) is 5.26 Å². The first-order valence-electron chi connectivity index (χ1n) is 7.11. The van der Waals surface area contributed by atoms with Crippen molar-refractivity contribution in [3.05, 3.63) is 29.8 Å². The largest absolute Gasteiger partial charge is 0.384 e. The summed E-state index contributed by atoms with van der Waals surface area (Å²) in [6, 6.07) is 9.21. The molecular weight excluding hydrogens is 266 g/mol. The summed E-state index contributed by atoms with van der Waals surface area (Å²) >= 11 is 0. The lowest BCUT2D eigenvalue weighted by Gasteiger charge is -2.38. The third-order valence-corrected chi connectivity index (χ3v) is 4.10. The van der Waals surface area contributed by atoms with Crippen LogP contribution in [0.3, 0.4) is 0 Å². The van der Waals surface area contributed by atoms with E-state index in [2.05, 4.69) is 11.4 Å². The summed E-state index contributed by atoms with van der Waals surface area (Å²) in [4.78, 5) is 14.6. The van der Waals surface area contributed by atoms with E-state index in [0.717, 1.165) is 31.6 Å². The molecule has 0 aliphatic carbocycles. The van der Waals surface area contributed by atoms with Gasteiger partial charge >= 0.3 is 0 Å². The molecule has 0 spiro atoms. The van der Waals surface area contributed by atoms with Gasteiger partial charge in [-0.1, -0.05) is 6.07 Å². The van der Waals surface area contributed by atoms with E-state index in [1.165, 1.54) is 0 Å². The molecule has 1 heterocycles. The highest BCUT2D eigenvalue weighted by Gasteiger charge is 2.41. The second kappa shape index (κ2) is 6.70. The number of amides is 1. The summed E-state index contributed by atoms with van der Waals surface area (Å²) in [6.45, 7) is 2.07. The van der Waals surface area contributed by atoms with Crippen LogP contribution in [-0.2, 0) is 9.53 Å². The van der Waals surface area contributed by atoms with Gasteiger partial charge in [0.1, 0.15) is 0 Å². The lowest BCUT2D eigenvalue weighted by Crippen LogP contribution is -2.50. The molecule has 21 heavy (non-hydrogen) atoms. The summed E-state index contributed by atoms with van der Waals surface area (Å²) in [7, 11) is 3.39. The van der Waals surface area contributed by atoms with Crippen LogP contribution in [0.15, 0.2) is 24.3 Å². The molecule has 1 fully saturated rings. The average molecular weight is 287 g/mol. The summed E-state index contributed by atoms with van der Waals surface area (Å²) in [5, 5.41) is 12.3. The molecule has 0 saturated carbocycles. The molecule has 2 rings (SSSR count). The lowest BCUT2D eigenvalue weighted by atomic mass is 9.78. The first-order chi connectivity index (χ1) is 10.1. The molecule has 0 atom stereocenters. The Morgan fingerprint density at radius 1 is 1.48 bits per heavy atom. The quantitative estimate of drug-likeness (QED) is 0.912. The van der Waals surface area contributed by atoms with E-state index in [1.54, 1.807) is 37.3 Å². The minimum absolute atomic E-state index is 0.0564. The molecule has 5 heteroatoms. The number of benzene rings is 1. The maximum absolute atomic E-state index is 12.9. The molecule has 5 nitrogen and oxygen atoms in total. The Morgan fingerprint density at radius 3 is 2.81 bits per heavy atom. The van der Waals surface area contributed by atoms with Crippen molar-refractivity contribution in [3.8, 4) is 6.07 Å². The number of methoxy groups -OCH3 is 1. The second-order valence-electron chi connectivity index (χ2n) is 5.49. The maximum atomic E-state index is 12.9. The molecule has 1 aromatic carbocycles. The van der Waals surface area contributed by atoms with Crippen LogP contribution in [-0.4, -0.2) is 39.8 Å². The highest BCUT2D eigenvalue weighted by molar-refractivity contribution is 5.97. The maximum Gasteiger partial charge on any atom is 0.235 e. The summed E-state index contributed by atoms with van der Waals surface area (Å²) < 4.78 is 5.31. The molecule has 0 unspecified atom stereocenters.